The van der Waals surface area contributed by atoms with Gasteiger partial charge in [0.2, 0.25) is 0 Å². The lowest BCUT2D eigenvalue weighted by Crippen LogP contribution is -2.43. The first kappa shape index (κ1) is 11.0. The van der Waals surface area contributed by atoms with Crippen molar-refractivity contribution in [3.05, 3.63) is 15.5 Å². The molecule has 2 aliphatic heterocycles. The lowest BCUT2D eigenvalue weighted by Gasteiger charge is -2.34. The van der Waals surface area contributed by atoms with Gasteiger partial charge in [0, 0.05) is 19.1 Å². The maximum absolute atomic E-state index is 5.89. The summed E-state index contributed by atoms with van der Waals surface area (Å²) in [5, 5.41) is 4.73. The van der Waals surface area contributed by atoms with Gasteiger partial charge < -0.3 is 5.32 Å². The molecule has 0 aromatic carbocycles. The fourth-order valence-electron chi connectivity index (χ4n) is 2.82. The van der Waals surface area contributed by atoms with Crippen LogP contribution in [-0.2, 0) is 6.54 Å². The van der Waals surface area contributed by atoms with Gasteiger partial charge in [-0.3, -0.25) is 4.90 Å². The van der Waals surface area contributed by atoms with Gasteiger partial charge in [0.05, 0.1) is 12.7 Å². The summed E-state index contributed by atoms with van der Waals surface area (Å²) in [6.45, 7) is 4.58. The van der Waals surface area contributed by atoms with Crippen molar-refractivity contribution < 1.29 is 0 Å². The Morgan fingerprint density at radius 2 is 2.50 bits per heavy atom. The second kappa shape index (κ2) is 4.61. The van der Waals surface area contributed by atoms with E-state index in [1.54, 1.807) is 17.5 Å². The van der Waals surface area contributed by atoms with Gasteiger partial charge in [-0.1, -0.05) is 11.6 Å². The van der Waals surface area contributed by atoms with Gasteiger partial charge in [-0.25, -0.2) is 4.98 Å². The average Bonchev–Trinajstić information content (AvgIpc) is 2.87. The average molecular weight is 258 g/mol. The lowest BCUT2D eigenvalue weighted by atomic mass is 9.93. The van der Waals surface area contributed by atoms with E-state index in [1.807, 2.05) is 0 Å². The van der Waals surface area contributed by atoms with Gasteiger partial charge in [-0.2, -0.15) is 0 Å². The first-order valence-electron chi connectivity index (χ1n) is 5.87. The summed E-state index contributed by atoms with van der Waals surface area (Å²) in [6, 6.07) is 0.774. The number of aromatic nitrogens is 1. The van der Waals surface area contributed by atoms with E-state index < -0.39 is 0 Å². The summed E-state index contributed by atoms with van der Waals surface area (Å²) in [5.41, 5.74) is 0. The van der Waals surface area contributed by atoms with Crippen LogP contribution in [0.15, 0.2) is 6.20 Å². The quantitative estimate of drug-likeness (QED) is 0.878. The minimum absolute atomic E-state index is 0.774. The summed E-state index contributed by atoms with van der Waals surface area (Å²) in [4.78, 5) is 6.84. The van der Waals surface area contributed by atoms with Gasteiger partial charge in [-0.05, 0) is 25.3 Å². The summed E-state index contributed by atoms with van der Waals surface area (Å²) in [6.07, 6.45) is 4.37. The molecule has 1 N–H and O–H groups in total. The first-order chi connectivity index (χ1) is 7.81. The molecule has 5 heteroatoms. The Morgan fingerprint density at radius 3 is 3.31 bits per heavy atom. The Kier molecular flexibility index (Phi) is 3.16. The fraction of sp³-hybridized carbons (Fsp3) is 0.727. The molecule has 1 aromatic heterocycles. The van der Waals surface area contributed by atoms with Crippen LogP contribution in [0.2, 0.25) is 4.34 Å². The highest BCUT2D eigenvalue weighted by Crippen LogP contribution is 2.27. The number of rotatable bonds is 2. The normalized spacial score (nSPS) is 30.6. The molecular formula is C11H16ClN3S. The van der Waals surface area contributed by atoms with Crippen LogP contribution >= 0.6 is 22.9 Å². The molecule has 2 atom stereocenters. The highest BCUT2D eigenvalue weighted by Gasteiger charge is 2.32. The number of nitrogens with zero attached hydrogens (tertiary/aromatic N) is 2. The highest BCUT2D eigenvalue weighted by atomic mass is 35.5. The number of fused-ring (bicyclic) bond motifs is 1. The van der Waals surface area contributed by atoms with Crippen molar-refractivity contribution in [1.82, 2.24) is 15.2 Å². The summed E-state index contributed by atoms with van der Waals surface area (Å²) >= 11 is 7.50. The van der Waals surface area contributed by atoms with Crippen molar-refractivity contribution in [3.8, 4) is 0 Å². The maximum Gasteiger partial charge on any atom is 0.113 e. The van der Waals surface area contributed by atoms with E-state index in [9.17, 15) is 0 Å². The molecule has 0 radical (unpaired) electrons. The van der Waals surface area contributed by atoms with Crippen LogP contribution < -0.4 is 5.32 Å². The monoisotopic (exact) mass is 257 g/mol. The van der Waals surface area contributed by atoms with E-state index in [2.05, 4.69) is 15.2 Å². The minimum atomic E-state index is 0.774. The van der Waals surface area contributed by atoms with Crippen molar-refractivity contribution in [1.29, 1.82) is 0 Å². The van der Waals surface area contributed by atoms with Crippen LogP contribution in [0.25, 0.3) is 0 Å². The second-order valence-corrected chi connectivity index (χ2v) is 6.44. The molecule has 88 valence electrons. The number of likely N-dealkylation sites (tertiary alicyclic amines) is 1. The zero-order valence-corrected chi connectivity index (χ0v) is 10.7. The number of thiazole rings is 1. The van der Waals surface area contributed by atoms with Crippen molar-refractivity contribution in [2.75, 3.05) is 19.6 Å². The Hall–Kier alpha value is -0.160. The largest absolute Gasteiger partial charge is 0.314 e. The third-order valence-corrected chi connectivity index (χ3v) is 4.72. The maximum atomic E-state index is 5.89. The van der Waals surface area contributed by atoms with E-state index in [4.69, 9.17) is 11.6 Å². The number of piperidine rings is 1. The zero-order valence-electron chi connectivity index (χ0n) is 9.16. The molecule has 16 heavy (non-hydrogen) atoms. The molecule has 0 bridgehead atoms. The van der Waals surface area contributed by atoms with Gasteiger partial charge in [0.15, 0.2) is 0 Å². The first-order valence-corrected chi connectivity index (χ1v) is 7.06. The number of nitrogens with one attached hydrogen (secondary N) is 1. The van der Waals surface area contributed by atoms with Gasteiger partial charge in [-0.15, -0.1) is 11.3 Å². The molecular weight excluding hydrogens is 242 g/mol. The molecule has 2 fully saturated rings. The van der Waals surface area contributed by atoms with Crippen LogP contribution in [0, 0.1) is 5.92 Å². The lowest BCUT2D eigenvalue weighted by molar-refractivity contribution is 0.156. The van der Waals surface area contributed by atoms with E-state index in [0.717, 1.165) is 27.8 Å². The van der Waals surface area contributed by atoms with E-state index in [1.165, 1.54) is 32.5 Å². The number of hydrogen-bond donors (Lipinski definition) is 1. The Bertz CT molecular complexity index is 368. The van der Waals surface area contributed by atoms with Crippen molar-refractivity contribution in [3.63, 3.8) is 0 Å². The van der Waals surface area contributed by atoms with E-state index in [0.29, 0.717) is 0 Å². The summed E-state index contributed by atoms with van der Waals surface area (Å²) < 4.78 is 0.799. The number of hydrogen-bond acceptors (Lipinski definition) is 4. The highest BCUT2D eigenvalue weighted by molar-refractivity contribution is 7.15. The SMILES string of the molecule is Clc1cnc(CN2CCC3NCCC3C2)s1. The summed E-state index contributed by atoms with van der Waals surface area (Å²) in [5.74, 6) is 0.851. The zero-order chi connectivity index (χ0) is 11.0. The van der Waals surface area contributed by atoms with Crippen molar-refractivity contribution in [2.24, 2.45) is 5.92 Å². The standard InChI is InChI=1S/C11H16ClN3S/c12-10-5-14-11(16-10)7-15-4-2-9-8(6-15)1-3-13-9/h5,8-9,13H,1-4,6-7H2. The Labute approximate surface area is 105 Å². The molecule has 0 aliphatic carbocycles. The third kappa shape index (κ3) is 2.25. The van der Waals surface area contributed by atoms with Gasteiger partial charge in [0.1, 0.15) is 9.34 Å². The second-order valence-electron chi connectivity index (χ2n) is 4.69. The Morgan fingerprint density at radius 1 is 1.56 bits per heavy atom. The van der Waals surface area contributed by atoms with Crippen LogP contribution in [0.5, 0.6) is 0 Å². The molecule has 2 aliphatic rings. The molecule has 2 unspecified atom stereocenters. The predicted molar refractivity (Wildman–Crippen MR) is 66.9 cm³/mol. The summed E-state index contributed by atoms with van der Waals surface area (Å²) in [7, 11) is 0. The van der Waals surface area contributed by atoms with Gasteiger partial charge in [0.25, 0.3) is 0 Å². The van der Waals surface area contributed by atoms with Crippen LogP contribution in [0.4, 0.5) is 0 Å². The van der Waals surface area contributed by atoms with Crippen molar-refractivity contribution in [2.45, 2.75) is 25.4 Å². The third-order valence-electron chi connectivity index (χ3n) is 3.62. The molecule has 0 spiro atoms. The predicted octanol–water partition coefficient (Wildman–Crippen LogP) is 1.98. The van der Waals surface area contributed by atoms with Crippen molar-refractivity contribution >= 4 is 22.9 Å². The number of halogens is 1. The smallest absolute Gasteiger partial charge is 0.113 e. The molecule has 0 amide bonds. The molecule has 0 saturated carbocycles. The molecule has 1 aromatic rings. The van der Waals surface area contributed by atoms with Crippen LogP contribution in [0.3, 0.4) is 0 Å². The minimum Gasteiger partial charge on any atom is -0.314 e. The van der Waals surface area contributed by atoms with Crippen LogP contribution in [0.1, 0.15) is 17.8 Å². The Balaban J connectivity index is 1.60. The van der Waals surface area contributed by atoms with Crippen LogP contribution in [-0.4, -0.2) is 35.6 Å². The molecule has 3 rings (SSSR count). The molecule has 3 heterocycles. The molecule has 3 nitrogen and oxygen atoms in total. The topological polar surface area (TPSA) is 28.2 Å². The van der Waals surface area contributed by atoms with E-state index in [-0.39, 0.29) is 0 Å². The van der Waals surface area contributed by atoms with Gasteiger partial charge >= 0.3 is 0 Å². The van der Waals surface area contributed by atoms with E-state index >= 15 is 0 Å². The fourth-order valence-corrected chi connectivity index (χ4v) is 3.82. The molecule has 2 saturated heterocycles.